The number of fused-ring (bicyclic) bond motifs is 3. The summed E-state index contributed by atoms with van der Waals surface area (Å²) in [6.07, 6.45) is 0. The maximum Gasteiger partial charge on any atom is 0.0599 e. The van der Waals surface area contributed by atoms with Gasteiger partial charge in [0.05, 0.1) is 5.41 Å². The van der Waals surface area contributed by atoms with E-state index in [0.29, 0.717) is 0 Å². The summed E-state index contributed by atoms with van der Waals surface area (Å²) in [6.45, 7) is 0. The lowest BCUT2D eigenvalue weighted by Crippen LogP contribution is -2.47. The van der Waals surface area contributed by atoms with Crippen LogP contribution in [-0.4, -0.2) is 0 Å². The van der Waals surface area contributed by atoms with E-state index in [1.165, 1.54) is 22.3 Å². The second-order valence-corrected chi connectivity index (χ2v) is 7.74. The van der Waals surface area contributed by atoms with Gasteiger partial charge in [0.2, 0.25) is 0 Å². The van der Waals surface area contributed by atoms with Crippen molar-refractivity contribution < 1.29 is 0 Å². The van der Waals surface area contributed by atoms with Gasteiger partial charge in [0, 0.05) is 12.1 Å². The fraction of sp³-hybridized carbons (Fsp3) is 0.111. The molecule has 0 saturated heterocycles. The van der Waals surface area contributed by atoms with Gasteiger partial charge in [-0.1, -0.05) is 109 Å². The van der Waals surface area contributed by atoms with Gasteiger partial charge in [0.15, 0.2) is 0 Å². The molecule has 5 rings (SSSR count). The van der Waals surface area contributed by atoms with Crippen molar-refractivity contribution in [1.82, 2.24) is 0 Å². The molecule has 2 heteroatoms. The van der Waals surface area contributed by atoms with Gasteiger partial charge in [-0.2, -0.15) is 0 Å². The summed E-state index contributed by atoms with van der Waals surface area (Å²) in [5.41, 5.74) is 20.7. The molecule has 1 aliphatic rings. The maximum absolute atomic E-state index is 7.12. The highest BCUT2D eigenvalue weighted by Crippen LogP contribution is 2.58. The second-order valence-electron chi connectivity index (χ2n) is 7.74. The van der Waals surface area contributed by atoms with E-state index < -0.39 is 5.41 Å². The standard InChI is InChI=1S/C27H24N2/c28-25(19-11-3-1-4-12-19)27(26(29)20-13-5-2-6-14-20)23-17-9-7-15-21(23)22-16-8-10-18-24(22)27/h1-18,25-26H,28-29H2. The maximum atomic E-state index is 7.12. The first-order valence-corrected chi connectivity index (χ1v) is 10.0. The molecule has 29 heavy (non-hydrogen) atoms. The van der Waals surface area contributed by atoms with E-state index in [2.05, 4.69) is 72.8 Å². The summed E-state index contributed by atoms with van der Waals surface area (Å²) in [7, 11) is 0. The molecule has 0 radical (unpaired) electrons. The Kier molecular flexibility index (Phi) is 4.31. The molecule has 0 saturated carbocycles. The predicted octanol–water partition coefficient (Wildman–Crippen LogP) is 5.35. The highest BCUT2D eigenvalue weighted by atomic mass is 14.8. The number of rotatable bonds is 4. The fourth-order valence-corrected chi connectivity index (χ4v) is 5.01. The van der Waals surface area contributed by atoms with Gasteiger partial charge < -0.3 is 11.5 Å². The van der Waals surface area contributed by atoms with Gasteiger partial charge in [0.25, 0.3) is 0 Å². The molecule has 2 nitrogen and oxygen atoms in total. The largest absolute Gasteiger partial charge is 0.323 e. The van der Waals surface area contributed by atoms with Crippen LogP contribution in [0.1, 0.15) is 34.3 Å². The Morgan fingerprint density at radius 2 is 0.793 bits per heavy atom. The SMILES string of the molecule is NC(c1ccccc1)C1(C(N)c2ccccc2)c2ccccc2-c2ccccc21. The summed E-state index contributed by atoms with van der Waals surface area (Å²) in [6, 6.07) is 37.2. The van der Waals surface area contributed by atoms with Gasteiger partial charge in [-0.3, -0.25) is 0 Å². The van der Waals surface area contributed by atoms with Crippen LogP contribution < -0.4 is 11.5 Å². The summed E-state index contributed by atoms with van der Waals surface area (Å²) in [5, 5.41) is 0. The third-order valence-electron chi connectivity index (χ3n) is 6.33. The molecule has 0 amide bonds. The van der Waals surface area contributed by atoms with Crippen molar-refractivity contribution in [3.05, 3.63) is 131 Å². The summed E-state index contributed by atoms with van der Waals surface area (Å²) >= 11 is 0. The van der Waals surface area contributed by atoms with Crippen LogP contribution in [0.2, 0.25) is 0 Å². The highest BCUT2D eigenvalue weighted by Gasteiger charge is 2.52. The van der Waals surface area contributed by atoms with Crippen molar-refractivity contribution in [2.75, 3.05) is 0 Å². The molecule has 0 fully saturated rings. The van der Waals surface area contributed by atoms with Gasteiger partial charge in [-0.15, -0.1) is 0 Å². The third-order valence-corrected chi connectivity index (χ3v) is 6.33. The second kappa shape index (κ2) is 7.00. The Bertz CT molecular complexity index is 1040. The molecule has 4 N–H and O–H groups in total. The first-order valence-electron chi connectivity index (χ1n) is 10.0. The van der Waals surface area contributed by atoms with Crippen LogP contribution in [0.4, 0.5) is 0 Å². The van der Waals surface area contributed by atoms with E-state index in [4.69, 9.17) is 11.5 Å². The topological polar surface area (TPSA) is 52.0 Å². The Morgan fingerprint density at radius 1 is 0.448 bits per heavy atom. The summed E-state index contributed by atoms with van der Waals surface area (Å²) < 4.78 is 0. The van der Waals surface area contributed by atoms with Gasteiger partial charge in [-0.25, -0.2) is 0 Å². The van der Waals surface area contributed by atoms with E-state index >= 15 is 0 Å². The molecule has 0 aromatic heterocycles. The van der Waals surface area contributed by atoms with E-state index in [1.807, 2.05) is 36.4 Å². The van der Waals surface area contributed by atoms with Gasteiger partial charge >= 0.3 is 0 Å². The van der Waals surface area contributed by atoms with Crippen molar-refractivity contribution in [2.24, 2.45) is 11.5 Å². The monoisotopic (exact) mass is 376 g/mol. The zero-order valence-corrected chi connectivity index (χ0v) is 16.2. The molecule has 142 valence electrons. The van der Waals surface area contributed by atoms with E-state index in [-0.39, 0.29) is 12.1 Å². The number of hydrogen-bond acceptors (Lipinski definition) is 2. The van der Waals surface area contributed by atoms with Crippen LogP contribution >= 0.6 is 0 Å². The lowest BCUT2D eigenvalue weighted by molar-refractivity contribution is 0.352. The zero-order chi connectivity index (χ0) is 19.8. The van der Waals surface area contributed by atoms with Crippen molar-refractivity contribution in [1.29, 1.82) is 0 Å². The fourth-order valence-electron chi connectivity index (χ4n) is 5.01. The third kappa shape index (κ3) is 2.57. The Hall–Kier alpha value is -3.20. The lowest BCUT2D eigenvalue weighted by atomic mass is 9.64. The minimum absolute atomic E-state index is 0.288. The van der Waals surface area contributed by atoms with Crippen LogP contribution in [0, 0.1) is 0 Å². The predicted molar refractivity (Wildman–Crippen MR) is 119 cm³/mol. The minimum Gasteiger partial charge on any atom is -0.323 e. The van der Waals surface area contributed by atoms with Crippen LogP contribution in [-0.2, 0) is 5.41 Å². The minimum atomic E-state index is -0.560. The number of hydrogen-bond donors (Lipinski definition) is 2. The van der Waals surface area contributed by atoms with E-state index in [1.54, 1.807) is 0 Å². The smallest absolute Gasteiger partial charge is 0.0599 e. The molecule has 0 bridgehead atoms. The lowest BCUT2D eigenvalue weighted by Gasteiger charge is -2.43. The molecule has 0 heterocycles. The van der Waals surface area contributed by atoms with Crippen molar-refractivity contribution in [2.45, 2.75) is 17.5 Å². The van der Waals surface area contributed by atoms with Crippen LogP contribution in [0.15, 0.2) is 109 Å². The summed E-state index contributed by atoms with van der Waals surface area (Å²) in [5.74, 6) is 0. The Labute approximate surface area is 171 Å². The molecular weight excluding hydrogens is 352 g/mol. The van der Waals surface area contributed by atoms with Crippen molar-refractivity contribution >= 4 is 0 Å². The molecule has 4 aromatic rings. The average molecular weight is 377 g/mol. The van der Waals surface area contributed by atoms with E-state index in [0.717, 1.165) is 11.1 Å². The molecule has 0 aliphatic heterocycles. The highest BCUT2D eigenvalue weighted by molar-refractivity contribution is 5.82. The first-order chi connectivity index (χ1) is 14.2. The Balaban J connectivity index is 1.85. The molecular formula is C27H24N2. The number of benzene rings is 4. The first kappa shape index (κ1) is 17.9. The van der Waals surface area contributed by atoms with Gasteiger partial charge in [0.1, 0.15) is 0 Å². The number of nitrogens with two attached hydrogens (primary N) is 2. The normalized spacial score (nSPS) is 15.9. The zero-order valence-electron chi connectivity index (χ0n) is 16.2. The van der Waals surface area contributed by atoms with Crippen LogP contribution in [0.25, 0.3) is 11.1 Å². The molecule has 1 aliphatic carbocycles. The molecule has 2 unspecified atom stereocenters. The molecule has 2 atom stereocenters. The average Bonchev–Trinajstić information content (AvgIpc) is 3.11. The Morgan fingerprint density at radius 3 is 1.21 bits per heavy atom. The van der Waals surface area contributed by atoms with Crippen LogP contribution in [0.5, 0.6) is 0 Å². The molecule has 4 aromatic carbocycles. The van der Waals surface area contributed by atoms with E-state index in [9.17, 15) is 0 Å². The summed E-state index contributed by atoms with van der Waals surface area (Å²) in [4.78, 5) is 0. The van der Waals surface area contributed by atoms with Crippen molar-refractivity contribution in [3.8, 4) is 11.1 Å². The quantitative estimate of drug-likeness (QED) is 0.504. The van der Waals surface area contributed by atoms with Crippen LogP contribution in [0.3, 0.4) is 0 Å². The van der Waals surface area contributed by atoms with Gasteiger partial charge in [-0.05, 0) is 33.4 Å². The molecule has 0 spiro atoms. The van der Waals surface area contributed by atoms with Crippen molar-refractivity contribution in [3.63, 3.8) is 0 Å².